The van der Waals surface area contributed by atoms with Gasteiger partial charge in [0.25, 0.3) is 16.8 Å². The summed E-state index contributed by atoms with van der Waals surface area (Å²) >= 11 is 2.66. The number of nitrogens with zero attached hydrogens (tertiary/aromatic N) is 4. The Morgan fingerprint density at radius 3 is 2.85 bits per heavy atom. The number of hydrogen-bond donors (Lipinski definition) is 0. The van der Waals surface area contributed by atoms with Gasteiger partial charge in [-0.05, 0) is 29.3 Å². The van der Waals surface area contributed by atoms with E-state index in [-0.39, 0.29) is 5.69 Å². The zero-order valence-electron chi connectivity index (χ0n) is 9.79. The van der Waals surface area contributed by atoms with E-state index in [1.807, 2.05) is 17.5 Å². The first-order valence-electron chi connectivity index (χ1n) is 5.38. The lowest BCUT2D eigenvalue weighted by atomic mass is 10.4. The van der Waals surface area contributed by atoms with E-state index in [4.69, 9.17) is 4.42 Å². The van der Waals surface area contributed by atoms with Crippen molar-refractivity contribution in [2.75, 3.05) is 0 Å². The third-order valence-electron chi connectivity index (χ3n) is 2.26. The fraction of sp³-hybridized carbons (Fsp3) is 0. The van der Waals surface area contributed by atoms with E-state index in [1.165, 1.54) is 29.7 Å². The third-order valence-corrected chi connectivity index (χ3v) is 3.91. The predicted octanol–water partition coefficient (Wildman–Crippen LogP) is 3.25. The van der Waals surface area contributed by atoms with E-state index < -0.39 is 4.92 Å². The molecule has 3 rings (SSSR count). The fourth-order valence-electron chi connectivity index (χ4n) is 1.38. The Kier molecular flexibility index (Phi) is 3.44. The van der Waals surface area contributed by atoms with E-state index in [0.717, 1.165) is 16.6 Å². The zero-order valence-corrected chi connectivity index (χ0v) is 11.4. The quantitative estimate of drug-likeness (QED) is 0.539. The van der Waals surface area contributed by atoms with Crippen LogP contribution in [0.15, 0.2) is 50.5 Å². The minimum Gasteiger partial charge on any atom is -0.410 e. The summed E-state index contributed by atoms with van der Waals surface area (Å²) in [4.78, 5) is 14.9. The Balaban J connectivity index is 1.76. The van der Waals surface area contributed by atoms with Gasteiger partial charge >= 0.3 is 0 Å². The van der Waals surface area contributed by atoms with Crippen molar-refractivity contribution in [1.29, 1.82) is 0 Å². The Hall–Kier alpha value is -2.26. The molecule has 0 aliphatic rings. The van der Waals surface area contributed by atoms with Crippen LogP contribution < -0.4 is 0 Å². The van der Waals surface area contributed by atoms with Crippen molar-refractivity contribution in [3.8, 4) is 10.8 Å². The summed E-state index contributed by atoms with van der Waals surface area (Å²) in [5.74, 6) is 0.449. The van der Waals surface area contributed by atoms with E-state index in [1.54, 1.807) is 0 Å². The number of aromatic nitrogens is 3. The van der Waals surface area contributed by atoms with Gasteiger partial charge in [0.2, 0.25) is 0 Å². The van der Waals surface area contributed by atoms with E-state index in [2.05, 4.69) is 15.2 Å². The maximum Gasteiger partial charge on any atom is 0.287 e. The summed E-state index contributed by atoms with van der Waals surface area (Å²) in [6.07, 6.45) is 1.19. The molecule has 0 amide bonds. The first-order valence-corrected chi connectivity index (χ1v) is 7.07. The lowest BCUT2D eigenvalue weighted by Gasteiger charge is -1.94. The van der Waals surface area contributed by atoms with Crippen molar-refractivity contribution in [2.45, 2.75) is 10.2 Å². The van der Waals surface area contributed by atoms with Gasteiger partial charge in [-0.3, -0.25) is 10.1 Å². The maximum absolute atomic E-state index is 10.5. The normalized spacial score (nSPS) is 10.6. The lowest BCUT2D eigenvalue weighted by molar-refractivity contribution is -0.385. The Labute approximate surface area is 120 Å². The second kappa shape index (κ2) is 5.39. The standard InChI is InChI=1S/C11H6N4O3S2/c16-15(17)7-3-4-9(12-6-7)20-11-14-13-10(18-11)8-2-1-5-19-8/h1-6H. The van der Waals surface area contributed by atoms with Crippen LogP contribution in [0, 0.1) is 10.1 Å². The summed E-state index contributed by atoms with van der Waals surface area (Å²) in [5, 5.41) is 21.2. The Morgan fingerprint density at radius 2 is 2.20 bits per heavy atom. The zero-order chi connectivity index (χ0) is 13.9. The minimum absolute atomic E-state index is 0.0563. The molecule has 9 heteroatoms. The van der Waals surface area contributed by atoms with Crippen LogP contribution >= 0.6 is 23.1 Å². The predicted molar refractivity (Wildman–Crippen MR) is 72.6 cm³/mol. The molecule has 0 spiro atoms. The van der Waals surface area contributed by atoms with Crippen molar-refractivity contribution in [3.63, 3.8) is 0 Å². The maximum atomic E-state index is 10.5. The highest BCUT2D eigenvalue weighted by atomic mass is 32.2. The largest absolute Gasteiger partial charge is 0.410 e. The van der Waals surface area contributed by atoms with Crippen LogP contribution in [0.25, 0.3) is 10.8 Å². The molecule has 0 atom stereocenters. The second-order valence-electron chi connectivity index (χ2n) is 3.56. The highest BCUT2D eigenvalue weighted by Crippen LogP contribution is 2.30. The van der Waals surface area contributed by atoms with Gasteiger partial charge in [-0.25, -0.2) is 4.98 Å². The van der Waals surface area contributed by atoms with Crippen LogP contribution in [0.5, 0.6) is 0 Å². The van der Waals surface area contributed by atoms with Gasteiger partial charge in [-0.15, -0.1) is 21.5 Å². The number of rotatable bonds is 4. The lowest BCUT2D eigenvalue weighted by Crippen LogP contribution is -1.89. The first-order chi connectivity index (χ1) is 9.72. The average Bonchev–Trinajstić information content (AvgIpc) is 3.09. The first kappa shape index (κ1) is 12.8. The number of hydrogen-bond acceptors (Lipinski definition) is 8. The summed E-state index contributed by atoms with van der Waals surface area (Å²) in [7, 11) is 0. The van der Waals surface area contributed by atoms with Crippen molar-refractivity contribution in [1.82, 2.24) is 15.2 Å². The molecule has 0 aromatic carbocycles. The van der Waals surface area contributed by atoms with Crippen molar-refractivity contribution in [2.24, 2.45) is 0 Å². The van der Waals surface area contributed by atoms with E-state index in [9.17, 15) is 10.1 Å². The molecular weight excluding hydrogens is 300 g/mol. The molecule has 0 bridgehead atoms. The number of nitro groups is 1. The molecule has 0 N–H and O–H groups in total. The third kappa shape index (κ3) is 2.68. The van der Waals surface area contributed by atoms with Gasteiger partial charge in [0, 0.05) is 6.07 Å². The van der Waals surface area contributed by atoms with Gasteiger partial charge in [0.05, 0.1) is 9.80 Å². The van der Waals surface area contributed by atoms with Crippen LogP contribution in [0.4, 0.5) is 5.69 Å². The molecule has 20 heavy (non-hydrogen) atoms. The van der Waals surface area contributed by atoms with Gasteiger partial charge < -0.3 is 4.42 Å². The molecule has 0 aliphatic carbocycles. The highest BCUT2D eigenvalue weighted by molar-refractivity contribution is 7.99. The minimum atomic E-state index is -0.497. The fourth-order valence-corrected chi connectivity index (χ4v) is 2.65. The molecule has 100 valence electrons. The van der Waals surface area contributed by atoms with Crippen LogP contribution in [0.2, 0.25) is 0 Å². The topological polar surface area (TPSA) is 95.0 Å². The second-order valence-corrected chi connectivity index (χ2v) is 5.48. The summed E-state index contributed by atoms with van der Waals surface area (Å²) in [5.41, 5.74) is -0.0563. The number of thiophene rings is 1. The monoisotopic (exact) mass is 306 g/mol. The molecule has 0 saturated carbocycles. The SMILES string of the molecule is O=[N+]([O-])c1ccc(Sc2nnc(-c3cccs3)o2)nc1. The summed E-state index contributed by atoms with van der Waals surface area (Å²) in [6, 6.07) is 6.70. The molecule has 7 nitrogen and oxygen atoms in total. The van der Waals surface area contributed by atoms with Gasteiger partial charge in [0.1, 0.15) is 11.2 Å². The smallest absolute Gasteiger partial charge is 0.287 e. The van der Waals surface area contributed by atoms with Crippen molar-refractivity contribution in [3.05, 3.63) is 46.0 Å². The van der Waals surface area contributed by atoms with Gasteiger partial charge in [-0.1, -0.05) is 6.07 Å². The van der Waals surface area contributed by atoms with Crippen LogP contribution in [0.1, 0.15) is 0 Å². The molecule has 3 aromatic rings. The molecule has 3 aromatic heterocycles. The number of pyridine rings is 1. The van der Waals surface area contributed by atoms with Gasteiger partial charge in [-0.2, -0.15) is 0 Å². The highest BCUT2D eigenvalue weighted by Gasteiger charge is 2.12. The van der Waals surface area contributed by atoms with E-state index in [0.29, 0.717) is 16.1 Å². The van der Waals surface area contributed by atoms with Crippen molar-refractivity contribution >= 4 is 28.8 Å². The Bertz CT molecular complexity index is 724. The van der Waals surface area contributed by atoms with Gasteiger partial charge in [0.15, 0.2) is 0 Å². The van der Waals surface area contributed by atoms with Crippen LogP contribution in [-0.4, -0.2) is 20.1 Å². The summed E-state index contributed by atoms with van der Waals surface area (Å²) < 4.78 is 5.49. The summed E-state index contributed by atoms with van der Waals surface area (Å²) in [6.45, 7) is 0. The average molecular weight is 306 g/mol. The molecule has 3 heterocycles. The molecule has 0 unspecified atom stereocenters. The van der Waals surface area contributed by atoms with E-state index >= 15 is 0 Å². The molecule has 0 saturated heterocycles. The van der Waals surface area contributed by atoms with Crippen LogP contribution in [-0.2, 0) is 0 Å². The molecule has 0 fully saturated rings. The molecule has 0 aliphatic heterocycles. The molecular formula is C11H6N4O3S2. The van der Waals surface area contributed by atoms with Crippen molar-refractivity contribution < 1.29 is 9.34 Å². The molecule has 0 radical (unpaired) electrons. The Morgan fingerprint density at radius 1 is 1.30 bits per heavy atom. The van der Waals surface area contributed by atoms with Crippen LogP contribution in [0.3, 0.4) is 0 Å².